The van der Waals surface area contributed by atoms with Crippen molar-refractivity contribution in [1.82, 2.24) is 5.32 Å². The molecule has 1 aromatic carbocycles. The van der Waals surface area contributed by atoms with Gasteiger partial charge in [0.1, 0.15) is 5.82 Å². The lowest BCUT2D eigenvalue weighted by Gasteiger charge is -2.27. The van der Waals surface area contributed by atoms with E-state index in [9.17, 15) is 17.6 Å². The van der Waals surface area contributed by atoms with Crippen LogP contribution in [0.2, 0.25) is 0 Å². The predicted octanol–water partition coefficient (Wildman–Crippen LogP) is 2.33. The molecule has 0 aliphatic carbocycles. The molecule has 0 unspecified atom stereocenters. The Balaban J connectivity index is 2.07. The van der Waals surface area contributed by atoms with Crippen LogP contribution in [0, 0.1) is 5.82 Å². The second-order valence-electron chi connectivity index (χ2n) is 3.93. The molecule has 0 saturated carbocycles. The third-order valence-electron chi connectivity index (χ3n) is 2.57. The highest BCUT2D eigenvalue weighted by Gasteiger charge is 2.34. The van der Waals surface area contributed by atoms with E-state index < -0.39 is 17.6 Å². The Labute approximate surface area is 95.6 Å². The zero-order chi connectivity index (χ0) is 12.5. The summed E-state index contributed by atoms with van der Waals surface area (Å²) >= 11 is 0. The normalized spacial score (nSPS) is 16.9. The quantitative estimate of drug-likeness (QED) is 0.830. The molecule has 1 saturated heterocycles. The Kier molecular flexibility index (Phi) is 3.35. The summed E-state index contributed by atoms with van der Waals surface area (Å²) in [7, 11) is 0. The van der Waals surface area contributed by atoms with Crippen LogP contribution in [-0.4, -0.2) is 19.3 Å². The number of nitrogens with one attached hydrogen (secondary N) is 1. The summed E-state index contributed by atoms with van der Waals surface area (Å²) in [5, 5.41) is 3.02. The van der Waals surface area contributed by atoms with Gasteiger partial charge in [-0.3, -0.25) is 0 Å². The molecule has 1 fully saturated rings. The lowest BCUT2D eigenvalue weighted by molar-refractivity contribution is -0.140. The number of rotatable bonds is 3. The zero-order valence-corrected chi connectivity index (χ0v) is 8.85. The van der Waals surface area contributed by atoms with Crippen molar-refractivity contribution in [2.45, 2.75) is 18.8 Å². The first-order valence-corrected chi connectivity index (χ1v) is 5.13. The van der Waals surface area contributed by atoms with E-state index in [0.29, 0.717) is 18.8 Å². The van der Waals surface area contributed by atoms with Gasteiger partial charge >= 0.3 is 6.18 Å². The van der Waals surface area contributed by atoms with E-state index in [-0.39, 0.29) is 12.6 Å². The maximum absolute atomic E-state index is 13.0. The summed E-state index contributed by atoms with van der Waals surface area (Å²) < 4.78 is 55.2. The van der Waals surface area contributed by atoms with Crippen molar-refractivity contribution in [2.75, 3.05) is 13.2 Å². The van der Waals surface area contributed by atoms with Crippen molar-refractivity contribution in [3.8, 4) is 0 Å². The largest absolute Gasteiger partial charge is 0.419 e. The molecule has 0 bridgehead atoms. The van der Waals surface area contributed by atoms with Crippen molar-refractivity contribution in [3.05, 3.63) is 35.1 Å². The standard InChI is InChI=1S/C11H11F4NO/c12-10-2-1-7(3-9(10)11(13,14)15)4-16-8-5-17-6-8/h1-3,8,16H,4-6H2. The van der Waals surface area contributed by atoms with Gasteiger partial charge in [0.2, 0.25) is 0 Å². The van der Waals surface area contributed by atoms with Gasteiger partial charge in [-0.1, -0.05) is 6.07 Å². The van der Waals surface area contributed by atoms with E-state index in [0.717, 1.165) is 12.1 Å². The van der Waals surface area contributed by atoms with Gasteiger partial charge in [0.05, 0.1) is 24.8 Å². The molecular weight excluding hydrogens is 238 g/mol. The first-order valence-electron chi connectivity index (χ1n) is 5.13. The van der Waals surface area contributed by atoms with Crippen LogP contribution < -0.4 is 5.32 Å². The van der Waals surface area contributed by atoms with E-state index in [4.69, 9.17) is 4.74 Å². The summed E-state index contributed by atoms with van der Waals surface area (Å²) in [6.45, 7) is 1.40. The van der Waals surface area contributed by atoms with E-state index in [1.54, 1.807) is 0 Å². The molecule has 17 heavy (non-hydrogen) atoms. The first-order chi connectivity index (χ1) is 7.97. The third kappa shape index (κ3) is 2.95. The highest BCUT2D eigenvalue weighted by molar-refractivity contribution is 5.27. The SMILES string of the molecule is Fc1ccc(CNC2COC2)cc1C(F)(F)F. The van der Waals surface area contributed by atoms with Crippen LogP contribution in [0.3, 0.4) is 0 Å². The fourth-order valence-electron chi connectivity index (χ4n) is 1.52. The predicted molar refractivity (Wildman–Crippen MR) is 52.8 cm³/mol. The second-order valence-corrected chi connectivity index (χ2v) is 3.93. The maximum atomic E-state index is 13.0. The molecule has 1 N–H and O–H groups in total. The Hall–Kier alpha value is -1.14. The van der Waals surface area contributed by atoms with Crippen molar-refractivity contribution in [2.24, 2.45) is 0 Å². The molecule has 0 amide bonds. The van der Waals surface area contributed by atoms with Gasteiger partial charge in [-0.05, 0) is 17.7 Å². The minimum Gasteiger partial charge on any atom is -0.378 e. The van der Waals surface area contributed by atoms with Crippen molar-refractivity contribution < 1.29 is 22.3 Å². The van der Waals surface area contributed by atoms with Gasteiger partial charge in [0, 0.05) is 6.54 Å². The molecule has 6 heteroatoms. The summed E-state index contributed by atoms with van der Waals surface area (Å²) in [6.07, 6.45) is -4.65. The Morgan fingerprint density at radius 3 is 2.53 bits per heavy atom. The van der Waals surface area contributed by atoms with E-state index in [1.807, 2.05) is 0 Å². The van der Waals surface area contributed by atoms with Crippen molar-refractivity contribution >= 4 is 0 Å². The van der Waals surface area contributed by atoms with Gasteiger partial charge in [-0.25, -0.2) is 4.39 Å². The molecule has 1 heterocycles. The molecule has 0 atom stereocenters. The number of benzene rings is 1. The van der Waals surface area contributed by atoms with Crippen molar-refractivity contribution in [1.29, 1.82) is 0 Å². The van der Waals surface area contributed by atoms with Gasteiger partial charge in [0.25, 0.3) is 0 Å². The zero-order valence-electron chi connectivity index (χ0n) is 8.85. The van der Waals surface area contributed by atoms with Crippen LogP contribution in [0.15, 0.2) is 18.2 Å². The lowest BCUT2D eigenvalue weighted by atomic mass is 10.1. The average molecular weight is 249 g/mol. The van der Waals surface area contributed by atoms with Gasteiger partial charge < -0.3 is 10.1 Å². The summed E-state index contributed by atoms with van der Waals surface area (Å²) in [6, 6.07) is 3.20. The van der Waals surface area contributed by atoms with E-state index in [1.165, 1.54) is 6.07 Å². The summed E-state index contributed by atoms with van der Waals surface area (Å²) in [5.41, 5.74) is -0.813. The molecule has 94 valence electrons. The van der Waals surface area contributed by atoms with Crippen LogP contribution in [-0.2, 0) is 17.5 Å². The van der Waals surface area contributed by atoms with Crippen LogP contribution in [0.4, 0.5) is 17.6 Å². The summed E-state index contributed by atoms with van der Waals surface area (Å²) in [4.78, 5) is 0. The molecule has 1 aliphatic heterocycles. The fourth-order valence-corrected chi connectivity index (χ4v) is 1.52. The molecular formula is C11H11F4NO. The molecule has 2 nitrogen and oxygen atoms in total. The Morgan fingerprint density at radius 1 is 1.29 bits per heavy atom. The minimum absolute atomic E-state index is 0.175. The molecule has 0 radical (unpaired) electrons. The van der Waals surface area contributed by atoms with Crippen LogP contribution >= 0.6 is 0 Å². The second kappa shape index (κ2) is 4.62. The van der Waals surface area contributed by atoms with Crippen LogP contribution in [0.5, 0.6) is 0 Å². The van der Waals surface area contributed by atoms with Gasteiger partial charge in [-0.2, -0.15) is 13.2 Å². The first kappa shape index (κ1) is 12.3. The van der Waals surface area contributed by atoms with Gasteiger partial charge in [-0.15, -0.1) is 0 Å². The molecule has 1 aromatic rings. The minimum atomic E-state index is -4.65. The molecule has 1 aliphatic rings. The number of hydrogen-bond acceptors (Lipinski definition) is 2. The van der Waals surface area contributed by atoms with Gasteiger partial charge in [0.15, 0.2) is 0 Å². The average Bonchev–Trinajstić information content (AvgIpc) is 2.16. The Bertz CT molecular complexity index is 401. The highest BCUT2D eigenvalue weighted by atomic mass is 19.4. The maximum Gasteiger partial charge on any atom is 0.419 e. The third-order valence-corrected chi connectivity index (χ3v) is 2.57. The fraction of sp³-hybridized carbons (Fsp3) is 0.455. The highest BCUT2D eigenvalue weighted by Crippen LogP contribution is 2.31. The van der Waals surface area contributed by atoms with Crippen molar-refractivity contribution in [3.63, 3.8) is 0 Å². The Morgan fingerprint density at radius 2 is 2.00 bits per heavy atom. The van der Waals surface area contributed by atoms with E-state index >= 15 is 0 Å². The molecule has 0 spiro atoms. The number of ether oxygens (including phenoxy) is 1. The lowest BCUT2D eigenvalue weighted by Crippen LogP contribution is -2.45. The summed E-state index contributed by atoms with van der Waals surface area (Å²) in [5.74, 6) is -1.24. The topological polar surface area (TPSA) is 21.3 Å². The van der Waals surface area contributed by atoms with E-state index in [2.05, 4.69) is 5.32 Å². The molecule has 0 aromatic heterocycles. The molecule has 2 rings (SSSR count). The monoisotopic (exact) mass is 249 g/mol. The smallest absolute Gasteiger partial charge is 0.378 e. The number of alkyl halides is 3. The number of hydrogen-bond donors (Lipinski definition) is 1. The number of halogens is 4. The van der Waals surface area contributed by atoms with Crippen LogP contribution in [0.1, 0.15) is 11.1 Å². The van der Waals surface area contributed by atoms with Crippen LogP contribution in [0.25, 0.3) is 0 Å².